The van der Waals surface area contributed by atoms with Gasteiger partial charge >= 0.3 is 5.97 Å². The Hall–Kier alpha value is -2.83. The predicted molar refractivity (Wildman–Crippen MR) is 67.9 cm³/mol. The second-order valence-corrected chi connectivity index (χ2v) is 4.02. The summed E-state index contributed by atoms with van der Waals surface area (Å²) in [6.45, 7) is 0.192. The molecule has 4 N–H and O–H groups in total. The molecule has 0 bridgehead atoms. The molecular weight excluding hydrogens is 267 g/mol. The SMILES string of the molecule is NC(=O)c1cc(NCc2cc(C(=O)O)co2)ccc1F. The zero-order valence-electron chi connectivity index (χ0n) is 10.2. The fourth-order valence-electron chi connectivity index (χ4n) is 1.60. The van der Waals surface area contributed by atoms with E-state index in [1.165, 1.54) is 18.2 Å². The quantitative estimate of drug-likeness (QED) is 0.773. The summed E-state index contributed by atoms with van der Waals surface area (Å²) >= 11 is 0. The zero-order chi connectivity index (χ0) is 14.7. The summed E-state index contributed by atoms with van der Waals surface area (Å²) in [5, 5.41) is 11.6. The average molecular weight is 278 g/mol. The summed E-state index contributed by atoms with van der Waals surface area (Å²) in [6, 6.07) is 5.20. The number of nitrogens with one attached hydrogen (secondary N) is 1. The van der Waals surface area contributed by atoms with E-state index < -0.39 is 17.7 Å². The van der Waals surface area contributed by atoms with Gasteiger partial charge in [-0.15, -0.1) is 0 Å². The molecule has 0 fully saturated rings. The van der Waals surface area contributed by atoms with E-state index in [9.17, 15) is 14.0 Å². The van der Waals surface area contributed by atoms with Crippen molar-refractivity contribution in [2.24, 2.45) is 5.73 Å². The number of furan rings is 1. The number of carbonyl (C=O) groups is 2. The summed E-state index contributed by atoms with van der Waals surface area (Å²) in [5.41, 5.74) is 5.32. The number of rotatable bonds is 5. The van der Waals surface area contributed by atoms with Crippen molar-refractivity contribution in [3.05, 3.63) is 53.2 Å². The van der Waals surface area contributed by atoms with Crippen molar-refractivity contribution >= 4 is 17.6 Å². The van der Waals surface area contributed by atoms with E-state index in [1.54, 1.807) is 0 Å². The number of carbonyl (C=O) groups excluding carboxylic acids is 1. The van der Waals surface area contributed by atoms with Gasteiger partial charge in [0.15, 0.2) is 0 Å². The molecule has 6 nitrogen and oxygen atoms in total. The third kappa shape index (κ3) is 2.94. The number of halogens is 1. The highest BCUT2D eigenvalue weighted by Crippen LogP contribution is 2.16. The van der Waals surface area contributed by atoms with E-state index in [1.807, 2.05) is 0 Å². The van der Waals surface area contributed by atoms with Crippen LogP contribution in [0.25, 0.3) is 0 Å². The van der Waals surface area contributed by atoms with Gasteiger partial charge in [-0.05, 0) is 24.3 Å². The fourth-order valence-corrected chi connectivity index (χ4v) is 1.60. The first kappa shape index (κ1) is 13.6. The van der Waals surface area contributed by atoms with Gasteiger partial charge in [-0.2, -0.15) is 0 Å². The van der Waals surface area contributed by atoms with Gasteiger partial charge in [0.05, 0.1) is 17.7 Å². The average Bonchev–Trinajstić information content (AvgIpc) is 2.86. The molecule has 0 unspecified atom stereocenters. The molecule has 20 heavy (non-hydrogen) atoms. The van der Waals surface area contributed by atoms with Crippen molar-refractivity contribution in [2.45, 2.75) is 6.54 Å². The van der Waals surface area contributed by atoms with Gasteiger partial charge in [-0.25, -0.2) is 9.18 Å². The molecule has 0 radical (unpaired) electrons. The van der Waals surface area contributed by atoms with Crippen LogP contribution in [-0.2, 0) is 6.54 Å². The molecule has 1 aromatic carbocycles. The van der Waals surface area contributed by atoms with Crippen molar-refractivity contribution in [1.82, 2.24) is 0 Å². The number of amides is 1. The first-order valence-corrected chi connectivity index (χ1v) is 5.61. The molecule has 0 saturated heterocycles. The highest BCUT2D eigenvalue weighted by Gasteiger charge is 2.10. The molecule has 1 aromatic heterocycles. The van der Waals surface area contributed by atoms with Crippen molar-refractivity contribution in [1.29, 1.82) is 0 Å². The smallest absolute Gasteiger partial charge is 0.338 e. The van der Waals surface area contributed by atoms with Crippen LogP contribution in [-0.4, -0.2) is 17.0 Å². The Morgan fingerprint density at radius 2 is 2.10 bits per heavy atom. The molecule has 0 aliphatic heterocycles. The third-order valence-electron chi connectivity index (χ3n) is 2.60. The molecule has 1 amide bonds. The molecule has 1 heterocycles. The van der Waals surface area contributed by atoms with Crippen molar-refractivity contribution < 1.29 is 23.5 Å². The lowest BCUT2D eigenvalue weighted by Gasteiger charge is -2.06. The largest absolute Gasteiger partial charge is 0.478 e. The summed E-state index contributed by atoms with van der Waals surface area (Å²) in [6.07, 6.45) is 1.12. The number of benzene rings is 1. The molecule has 7 heteroatoms. The van der Waals surface area contributed by atoms with E-state index in [2.05, 4.69) is 5.32 Å². The molecule has 104 valence electrons. The number of primary amides is 1. The van der Waals surface area contributed by atoms with Crippen LogP contribution in [0.5, 0.6) is 0 Å². The van der Waals surface area contributed by atoms with Crippen LogP contribution in [0.3, 0.4) is 0 Å². The lowest BCUT2D eigenvalue weighted by Crippen LogP contribution is -2.13. The van der Waals surface area contributed by atoms with Gasteiger partial charge in [0.1, 0.15) is 17.8 Å². The van der Waals surface area contributed by atoms with Crippen molar-refractivity contribution in [2.75, 3.05) is 5.32 Å². The van der Waals surface area contributed by atoms with E-state index in [0.29, 0.717) is 11.4 Å². The summed E-state index contributed by atoms with van der Waals surface area (Å²) in [5.74, 6) is -2.25. The lowest BCUT2D eigenvalue weighted by atomic mass is 10.1. The van der Waals surface area contributed by atoms with E-state index in [0.717, 1.165) is 12.3 Å². The van der Waals surface area contributed by atoms with Gasteiger partial charge in [-0.1, -0.05) is 0 Å². The summed E-state index contributed by atoms with van der Waals surface area (Å²) in [4.78, 5) is 21.7. The van der Waals surface area contributed by atoms with E-state index in [-0.39, 0.29) is 17.7 Å². The number of hydrogen-bond donors (Lipinski definition) is 3. The number of nitrogens with two attached hydrogens (primary N) is 1. The zero-order valence-corrected chi connectivity index (χ0v) is 10.2. The Labute approximate surface area is 113 Å². The molecule has 0 saturated carbocycles. The number of hydrogen-bond acceptors (Lipinski definition) is 4. The topological polar surface area (TPSA) is 106 Å². The second kappa shape index (κ2) is 5.43. The minimum atomic E-state index is -1.09. The highest BCUT2D eigenvalue weighted by molar-refractivity contribution is 5.94. The van der Waals surface area contributed by atoms with Gasteiger partial charge in [-0.3, -0.25) is 4.79 Å². The van der Waals surface area contributed by atoms with E-state index in [4.69, 9.17) is 15.3 Å². The van der Waals surface area contributed by atoms with Crippen LogP contribution in [0.4, 0.5) is 10.1 Å². The standard InChI is InChI=1S/C13H11FN2O4/c14-11-2-1-8(4-10(11)12(15)17)16-5-9-3-7(6-20-9)13(18)19/h1-4,6,16H,5H2,(H2,15,17)(H,18,19). The molecule has 0 spiro atoms. The Bertz CT molecular complexity index is 666. The minimum absolute atomic E-state index is 0.0405. The summed E-state index contributed by atoms with van der Waals surface area (Å²) in [7, 11) is 0. The Morgan fingerprint density at radius 1 is 1.35 bits per heavy atom. The van der Waals surface area contributed by atoms with Crippen LogP contribution >= 0.6 is 0 Å². The molecular formula is C13H11FN2O4. The number of carboxylic acids is 1. The number of anilines is 1. The van der Waals surface area contributed by atoms with Crippen LogP contribution in [0.2, 0.25) is 0 Å². The second-order valence-electron chi connectivity index (χ2n) is 4.02. The molecule has 0 aliphatic carbocycles. The van der Waals surface area contributed by atoms with Crippen LogP contribution in [0, 0.1) is 5.82 Å². The molecule has 2 aromatic rings. The monoisotopic (exact) mass is 278 g/mol. The predicted octanol–water partition coefficient (Wildman–Crippen LogP) is 1.83. The summed E-state index contributed by atoms with van der Waals surface area (Å²) < 4.78 is 18.3. The van der Waals surface area contributed by atoms with E-state index >= 15 is 0 Å². The van der Waals surface area contributed by atoms with Gasteiger partial charge in [0.25, 0.3) is 5.91 Å². The molecule has 2 rings (SSSR count). The Morgan fingerprint density at radius 3 is 2.70 bits per heavy atom. The highest BCUT2D eigenvalue weighted by atomic mass is 19.1. The first-order chi connectivity index (χ1) is 9.47. The fraction of sp³-hybridized carbons (Fsp3) is 0.0769. The maximum atomic E-state index is 13.3. The number of aromatic carboxylic acids is 1. The maximum absolute atomic E-state index is 13.3. The first-order valence-electron chi connectivity index (χ1n) is 5.61. The van der Waals surface area contributed by atoms with Crippen molar-refractivity contribution in [3.8, 4) is 0 Å². The minimum Gasteiger partial charge on any atom is -0.478 e. The number of carboxylic acid groups (broad SMARTS) is 1. The lowest BCUT2D eigenvalue weighted by molar-refractivity contribution is 0.0696. The normalized spacial score (nSPS) is 10.2. The molecule has 0 atom stereocenters. The Balaban J connectivity index is 2.08. The van der Waals surface area contributed by atoms with Crippen molar-refractivity contribution in [3.63, 3.8) is 0 Å². The van der Waals surface area contributed by atoms with Crippen LogP contribution in [0.1, 0.15) is 26.5 Å². The van der Waals surface area contributed by atoms with Gasteiger partial charge < -0.3 is 20.6 Å². The van der Waals surface area contributed by atoms with Crippen LogP contribution < -0.4 is 11.1 Å². The van der Waals surface area contributed by atoms with Gasteiger partial charge in [0.2, 0.25) is 0 Å². The Kier molecular flexibility index (Phi) is 3.69. The molecule has 0 aliphatic rings. The van der Waals surface area contributed by atoms with Crippen LogP contribution in [0.15, 0.2) is 34.9 Å². The van der Waals surface area contributed by atoms with Gasteiger partial charge in [0, 0.05) is 5.69 Å². The maximum Gasteiger partial charge on any atom is 0.338 e. The third-order valence-corrected chi connectivity index (χ3v) is 2.60.